The maximum absolute atomic E-state index is 5.43. The smallest absolute Gasteiger partial charge is 0.221 e. The molecule has 2 rings (SSSR count). The molecule has 2 aromatic heterocycles. The molecule has 0 aliphatic rings. The molecule has 14 heavy (non-hydrogen) atoms. The van der Waals surface area contributed by atoms with Crippen LogP contribution in [0.2, 0.25) is 0 Å². The molecule has 0 unspecified atom stereocenters. The van der Waals surface area contributed by atoms with Gasteiger partial charge in [0.2, 0.25) is 5.95 Å². The van der Waals surface area contributed by atoms with Crippen LogP contribution in [0.15, 0.2) is 35.3 Å². The lowest BCUT2D eigenvalue weighted by Gasteiger charge is -2.02. The van der Waals surface area contributed by atoms with Crippen LogP contribution in [0.4, 0.5) is 11.8 Å². The molecule has 2 heterocycles. The van der Waals surface area contributed by atoms with E-state index >= 15 is 0 Å². The van der Waals surface area contributed by atoms with E-state index in [9.17, 15) is 0 Å². The van der Waals surface area contributed by atoms with E-state index in [1.54, 1.807) is 24.8 Å². The number of hydrogen-bond acceptors (Lipinski definition) is 5. The number of nitrogens with one attached hydrogen (secondary N) is 1. The molecular weight excluding hydrogens is 180 g/mol. The molecule has 0 fully saturated rings. The van der Waals surface area contributed by atoms with Gasteiger partial charge in [0.1, 0.15) is 5.82 Å². The van der Waals surface area contributed by atoms with Gasteiger partial charge in [0, 0.05) is 18.3 Å². The third-order valence-electron chi connectivity index (χ3n) is 1.73. The first-order valence-corrected chi connectivity index (χ1v) is 4.18. The van der Waals surface area contributed by atoms with Crippen molar-refractivity contribution in [3.05, 3.63) is 36.4 Å². The molecule has 2 aromatic rings. The summed E-state index contributed by atoms with van der Waals surface area (Å²) in [7, 11) is 0. The Morgan fingerprint density at radius 2 is 2.36 bits per heavy atom. The predicted molar refractivity (Wildman–Crippen MR) is 52.5 cm³/mol. The highest BCUT2D eigenvalue weighted by atomic mass is 16.3. The number of nitrogens with zero attached hydrogens (tertiary/aromatic N) is 2. The van der Waals surface area contributed by atoms with E-state index in [1.165, 1.54) is 0 Å². The van der Waals surface area contributed by atoms with Crippen molar-refractivity contribution in [2.24, 2.45) is 0 Å². The zero-order valence-electron chi connectivity index (χ0n) is 7.47. The molecule has 0 saturated carbocycles. The lowest BCUT2D eigenvalue weighted by molar-refractivity contribution is 0.564. The van der Waals surface area contributed by atoms with Gasteiger partial charge in [-0.25, -0.2) is 4.98 Å². The van der Waals surface area contributed by atoms with Crippen molar-refractivity contribution >= 4 is 11.8 Å². The fourth-order valence-corrected chi connectivity index (χ4v) is 1.06. The summed E-state index contributed by atoms with van der Waals surface area (Å²) < 4.78 is 4.93. The van der Waals surface area contributed by atoms with Gasteiger partial charge in [-0.15, -0.1) is 0 Å². The lowest BCUT2D eigenvalue weighted by atomic mass is 10.3. The van der Waals surface area contributed by atoms with Crippen LogP contribution in [0, 0.1) is 0 Å². The fraction of sp³-hybridized carbons (Fsp3) is 0.111. The van der Waals surface area contributed by atoms with Crippen LogP contribution in [0.1, 0.15) is 5.56 Å². The summed E-state index contributed by atoms with van der Waals surface area (Å²) in [5.74, 6) is 0.973. The molecule has 0 bridgehead atoms. The third-order valence-corrected chi connectivity index (χ3v) is 1.73. The predicted octanol–water partition coefficient (Wildman–Crippen LogP) is 1.26. The Morgan fingerprint density at radius 3 is 3.07 bits per heavy atom. The quantitative estimate of drug-likeness (QED) is 0.762. The number of anilines is 2. The molecule has 3 N–H and O–H groups in total. The summed E-state index contributed by atoms with van der Waals surface area (Å²) in [6.07, 6.45) is 4.92. The van der Waals surface area contributed by atoms with Crippen molar-refractivity contribution in [2.45, 2.75) is 6.54 Å². The molecule has 0 atom stereocenters. The van der Waals surface area contributed by atoms with Crippen molar-refractivity contribution < 1.29 is 4.42 Å². The summed E-state index contributed by atoms with van der Waals surface area (Å²) >= 11 is 0. The Bertz CT molecular complexity index is 399. The highest BCUT2D eigenvalue weighted by molar-refractivity contribution is 5.37. The van der Waals surface area contributed by atoms with Gasteiger partial charge in [-0.2, -0.15) is 4.98 Å². The summed E-state index contributed by atoms with van der Waals surface area (Å²) in [4.78, 5) is 7.79. The van der Waals surface area contributed by atoms with E-state index < -0.39 is 0 Å². The standard InChI is InChI=1S/C9H10N4O/c10-9-11-3-1-8(13-9)12-5-7-2-4-14-6-7/h1-4,6H,5H2,(H3,10,11,12,13). The Hall–Kier alpha value is -2.04. The van der Waals surface area contributed by atoms with Gasteiger partial charge in [-0.1, -0.05) is 0 Å². The molecule has 0 aliphatic heterocycles. The average molecular weight is 190 g/mol. The van der Waals surface area contributed by atoms with Crippen molar-refractivity contribution in [2.75, 3.05) is 11.1 Å². The first-order chi connectivity index (χ1) is 6.84. The van der Waals surface area contributed by atoms with Crippen LogP contribution >= 0.6 is 0 Å². The van der Waals surface area contributed by atoms with Crippen LogP contribution in [-0.2, 0) is 6.54 Å². The maximum atomic E-state index is 5.43. The van der Waals surface area contributed by atoms with Gasteiger partial charge < -0.3 is 15.5 Å². The van der Waals surface area contributed by atoms with Crippen molar-refractivity contribution in [1.29, 1.82) is 0 Å². The van der Waals surface area contributed by atoms with Gasteiger partial charge in [-0.05, 0) is 12.1 Å². The summed E-state index contributed by atoms with van der Waals surface area (Å²) in [6, 6.07) is 3.65. The minimum Gasteiger partial charge on any atom is -0.472 e. The number of nitrogen functional groups attached to an aromatic ring is 1. The van der Waals surface area contributed by atoms with E-state index in [2.05, 4.69) is 15.3 Å². The zero-order chi connectivity index (χ0) is 9.80. The van der Waals surface area contributed by atoms with E-state index in [0.29, 0.717) is 12.4 Å². The molecule has 0 aliphatic carbocycles. The summed E-state index contributed by atoms with van der Waals surface area (Å²) in [6.45, 7) is 0.660. The molecule has 0 aromatic carbocycles. The summed E-state index contributed by atoms with van der Waals surface area (Å²) in [5.41, 5.74) is 6.48. The minimum atomic E-state index is 0.266. The molecule has 0 spiro atoms. The van der Waals surface area contributed by atoms with E-state index in [0.717, 1.165) is 5.56 Å². The molecule has 0 radical (unpaired) electrons. The van der Waals surface area contributed by atoms with Crippen molar-refractivity contribution in [3.8, 4) is 0 Å². The molecule has 5 nitrogen and oxygen atoms in total. The van der Waals surface area contributed by atoms with Gasteiger partial charge >= 0.3 is 0 Å². The number of rotatable bonds is 3. The zero-order valence-corrected chi connectivity index (χ0v) is 7.47. The fourth-order valence-electron chi connectivity index (χ4n) is 1.06. The normalized spacial score (nSPS) is 10.0. The molecule has 0 amide bonds. The van der Waals surface area contributed by atoms with Gasteiger partial charge in [0.25, 0.3) is 0 Å². The monoisotopic (exact) mass is 190 g/mol. The molecule has 0 saturated heterocycles. The van der Waals surface area contributed by atoms with E-state index in [-0.39, 0.29) is 5.95 Å². The van der Waals surface area contributed by atoms with E-state index in [4.69, 9.17) is 10.2 Å². The first kappa shape index (κ1) is 8.55. The SMILES string of the molecule is Nc1nccc(NCc2ccoc2)n1. The van der Waals surface area contributed by atoms with Gasteiger partial charge in [-0.3, -0.25) is 0 Å². The molecule has 72 valence electrons. The Morgan fingerprint density at radius 1 is 1.43 bits per heavy atom. The Labute approximate surface area is 81.0 Å². The van der Waals surface area contributed by atoms with Crippen LogP contribution in [-0.4, -0.2) is 9.97 Å². The number of furan rings is 1. The Kier molecular flexibility index (Phi) is 2.31. The summed E-state index contributed by atoms with van der Waals surface area (Å²) in [5, 5.41) is 3.10. The molecule has 5 heteroatoms. The van der Waals surface area contributed by atoms with E-state index in [1.807, 2.05) is 6.07 Å². The molecular formula is C9H10N4O. The highest BCUT2D eigenvalue weighted by Gasteiger charge is 1.96. The number of aromatic nitrogens is 2. The second kappa shape index (κ2) is 3.78. The Balaban J connectivity index is 1.98. The second-order valence-electron chi connectivity index (χ2n) is 2.79. The second-order valence-corrected chi connectivity index (χ2v) is 2.79. The van der Waals surface area contributed by atoms with Crippen molar-refractivity contribution in [3.63, 3.8) is 0 Å². The highest BCUT2D eigenvalue weighted by Crippen LogP contribution is 2.06. The largest absolute Gasteiger partial charge is 0.472 e. The minimum absolute atomic E-state index is 0.266. The number of hydrogen-bond donors (Lipinski definition) is 2. The number of nitrogens with two attached hydrogens (primary N) is 1. The topological polar surface area (TPSA) is 77.0 Å². The van der Waals surface area contributed by atoms with Crippen LogP contribution in [0.25, 0.3) is 0 Å². The van der Waals surface area contributed by atoms with Crippen LogP contribution in [0.5, 0.6) is 0 Å². The van der Waals surface area contributed by atoms with Crippen molar-refractivity contribution in [1.82, 2.24) is 9.97 Å². The van der Waals surface area contributed by atoms with Crippen LogP contribution < -0.4 is 11.1 Å². The van der Waals surface area contributed by atoms with Crippen LogP contribution in [0.3, 0.4) is 0 Å². The van der Waals surface area contributed by atoms with Gasteiger partial charge in [0.15, 0.2) is 0 Å². The first-order valence-electron chi connectivity index (χ1n) is 4.18. The maximum Gasteiger partial charge on any atom is 0.221 e. The van der Waals surface area contributed by atoms with Gasteiger partial charge in [0.05, 0.1) is 12.5 Å². The third kappa shape index (κ3) is 2.01. The lowest BCUT2D eigenvalue weighted by Crippen LogP contribution is -2.02. The average Bonchev–Trinajstić information content (AvgIpc) is 2.67.